The van der Waals surface area contributed by atoms with Gasteiger partial charge in [-0.15, -0.1) is 0 Å². The molecule has 0 heterocycles. The van der Waals surface area contributed by atoms with Crippen LogP contribution in [0, 0.1) is 18.4 Å². The van der Waals surface area contributed by atoms with Gasteiger partial charge in [0.15, 0.2) is 0 Å². The lowest BCUT2D eigenvalue weighted by Gasteiger charge is -2.25. The van der Waals surface area contributed by atoms with Gasteiger partial charge < -0.3 is 0 Å². The lowest BCUT2D eigenvalue weighted by atomic mass is 9.81. The zero-order chi connectivity index (χ0) is 7.40. The molecule has 0 aromatic carbocycles. The molecular weight excluding hydrogens is 122 g/mol. The maximum absolute atomic E-state index is 7.10. The van der Waals surface area contributed by atoms with E-state index in [0.717, 1.165) is 5.92 Å². The number of nitrogens with one attached hydrogen (secondary N) is 1. The van der Waals surface area contributed by atoms with Gasteiger partial charge in [-0.3, -0.25) is 5.73 Å². The minimum atomic E-state index is 0.614. The minimum Gasteiger partial charge on any atom is -0.253 e. The number of rotatable bonds is 2. The van der Waals surface area contributed by atoms with E-state index < -0.39 is 0 Å². The summed E-state index contributed by atoms with van der Waals surface area (Å²) in [6.45, 7) is 3.90. The normalized spacial score (nSPS) is 34.2. The molecular formula is C9H17N. The maximum atomic E-state index is 7.10. The van der Waals surface area contributed by atoms with Crippen molar-refractivity contribution < 1.29 is 0 Å². The van der Waals surface area contributed by atoms with Crippen molar-refractivity contribution >= 4 is 0 Å². The lowest BCUT2D eigenvalue weighted by Crippen LogP contribution is -2.14. The van der Waals surface area contributed by atoms with E-state index in [1.165, 1.54) is 32.1 Å². The highest BCUT2D eigenvalue weighted by Crippen LogP contribution is 2.30. The zero-order valence-electron chi connectivity index (χ0n) is 6.77. The molecule has 0 unspecified atom stereocenters. The summed E-state index contributed by atoms with van der Waals surface area (Å²) in [5.41, 5.74) is 7.10. The summed E-state index contributed by atoms with van der Waals surface area (Å²) in [4.78, 5) is 0. The van der Waals surface area contributed by atoms with Crippen LogP contribution in [0.4, 0.5) is 0 Å². The minimum absolute atomic E-state index is 0.614. The highest BCUT2D eigenvalue weighted by Gasteiger charge is 2.18. The molecule has 58 valence electrons. The van der Waals surface area contributed by atoms with Crippen LogP contribution in [0.25, 0.3) is 0 Å². The monoisotopic (exact) mass is 139 g/mol. The Morgan fingerprint density at radius 1 is 1.30 bits per heavy atom. The summed E-state index contributed by atoms with van der Waals surface area (Å²) in [6.07, 6.45) is 6.59. The van der Waals surface area contributed by atoms with E-state index in [0.29, 0.717) is 5.92 Å². The van der Waals surface area contributed by atoms with Crippen LogP contribution in [0.15, 0.2) is 0 Å². The third kappa shape index (κ3) is 1.98. The fourth-order valence-electron chi connectivity index (χ4n) is 1.76. The van der Waals surface area contributed by atoms with E-state index in [-0.39, 0.29) is 0 Å². The van der Waals surface area contributed by atoms with Crippen LogP contribution in [0.1, 0.15) is 39.0 Å². The summed E-state index contributed by atoms with van der Waals surface area (Å²) in [5.74, 6) is 1.58. The van der Waals surface area contributed by atoms with E-state index >= 15 is 0 Å². The molecule has 1 aliphatic rings. The predicted molar refractivity (Wildman–Crippen MR) is 43.1 cm³/mol. The summed E-state index contributed by atoms with van der Waals surface area (Å²) in [6, 6.07) is 0. The van der Waals surface area contributed by atoms with Crippen LogP contribution in [0.5, 0.6) is 0 Å². The second-order valence-electron chi connectivity index (χ2n) is 3.36. The highest BCUT2D eigenvalue weighted by molar-refractivity contribution is 4.77. The van der Waals surface area contributed by atoms with E-state index in [1.54, 1.807) is 6.54 Å². The van der Waals surface area contributed by atoms with Crippen LogP contribution in [-0.4, -0.2) is 0 Å². The molecule has 0 atom stereocenters. The second-order valence-corrected chi connectivity index (χ2v) is 3.36. The topological polar surface area (TPSA) is 23.8 Å². The summed E-state index contributed by atoms with van der Waals surface area (Å²) in [5, 5.41) is 0. The van der Waals surface area contributed by atoms with Gasteiger partial charge >= 0.3 is 0 Å². The Morgan fingerprint density at radius 3 is 2.30 bits per heavy atom. The van der Waals surface area contributed by atoms with Gasteiger partial charge in [-0.1, -0.05) is 26.2 Å². The van der Waals surface area contributed by atoms with E-state index in [4.69, 9.17) is 5.73 Å². The number of hydrogen-bond acceptors (Lipinski definition) is 0. The van der Waals surface area contributed by atoms with E-state index in [1.807, 2.05) is 0 Å². The standard InChI is InChI=1S/C9H17N/c1-2-8-3-5-9(7-10)6-4-8/h7-10H,2-6H2,1H3. The van der Waals surface area contributed by atoms with Crippen molar-refractivity contribution in [3.8, 4) is 0 Å². The molecule has 0 spiro atoms. The van der Waals surface area contributed by atoms with Crippen molar-refractivity contribution in [3.63, 3.8) is 0 Å². The molecule has 1 saturated carbocycles. The summed E-state index contributed by atoms with van der Waals surface area (Å²) >= 11 is 0. The molecule has 0 aromatic heterocycles. The molecule has 2 radical (unpaired) electrons. The van der Waals surface area contributed by atoms with Gasteiger partial charge in [0.25, 0.3) is 0 Å². The van der Waals surface area contributed by atoms with Gasteiger partial charge in [0.1, 0.15) is 0 Å². The third-order valence-corrected chi connectivity index (χ3v) is 2.70. The maximum Gasteiger partial charge on any atom is 0.0410 e. The second kappa shape index (κ2) is 3.97. The molecule has 1 heteroatoms. The Kier molecular flexibility index (Phi) is 3.20. The van der Waals surface area contributed by atoms with Crippen molar-refractivity contribution in [1.82, 2.24) is 5.73 Å². The first kappa shape index (κ1) is 8.06. The van der Waals surface area contributed by atoms with Gasteiger partial charge in [0, 0.05) is 6.54 Å². The van der Waals surface area contributed by atoms with Crippen LogP contribution in [0.2, 0.25) is 0 Å². The van der Waals surface area contributed by atoms with Crippen LogP contribution in [0.3, 0.4) is 0 Å². The molecule has 0 bridgehead atoms. The highest BCUT2D eigenvalue weighted by atomic mass is 14.5. The molecule has 1 fully saturated rings. The predicted octanol–water partition coefficient (Wildman–Crippen LogP) is 2.65. The fraction of sp³-hybridized carbons (Fsp3) is 0.889. The average Bonchev–Trinajstić information content (AvgIpc) is 2.05. The first-order valence-electron chi connectivity index (χ1n) is 4.37. The Balaban J connectivity index is 2.17. The molecule has 10 heavy (non-hydrogen) atoms. The molecule has 1 nitrogen and oxygen atoms in total. The Morgan fingerprint density at radius 2 is 1.90 bits per heavy atom. The number of hydrogen-bond donors (Lipinski definition) is 0. The van der Waals surface area contributed by atoms with Crippen molar-refractivity contribution in [2.24, 2.45) is 11.8 Å². The van der Waals surface area contributed by atoms with Crippen molar-refractivity contribution in [1.29, 1.82) is 0 Å². The third-order valence-electron chi connectivity index (χ3n) is 2.70. The van der Waals surface area contributed by atoms with Crippen molar-refractivity contribution in [2.75, 3.05) is 0 Å². The van der Waals surface area contributed by atoms with Crippen LogP contribution >= 0.6 is 0 Å². The Bertz CT molecular complexity index is 70.7. The van der Waals surface area contributed by atoms with Gasteiger partial charge in [-0.2, -0.15) is 0 Å². The van der Waals surface area contributed by atoms with Crippen molar-refractivity contribution in [2.45, 2.75) is 39.0 Å². The van der Waals surface area contributed by atoms with Gasteiger partial charge in [0.2, 0.25) is 0 Å². The average molecular weight is 139 g/mol. The van der Waals surface area contributed by atoms with Crippen LogP contribution in [-0.2, 0) is 0 Å². The molecule has 0 aromatic rings. The first-order chi connectivity index (χ1) is 4.86. The molecule has 0 saturated heterocycles. The smallest absolute Gasteiger partial charge is 0.0410 e. The van der Waals surface area contributed by atoms with E-state index in [9.17, 15) is 0 Å². The first-order valence-corrected chi connectivity index (χ1v) is 4.37. The lowest BCUT2D eigenvalue weighted by molar-refractivity contribution is 0.290. The Labute approximate surface area is 64.0 Å². The molecule has 1 aliphatic carbocycles. The fourth-order valence-corrected chi connectivity index (χ4v) is 1.76. The van der Waals surface area contributed by atoms with Gasteiger partial charge in [-0.05, 0) is 24.7 Å². The van der Waals surface area contributed by atoms with E-state index in [2.05, 4.69) is 6.92 Å². The van der Waals surface area contributed by atoms with Gasteiger partial charge in [0.05, 0.1) is 0 Å². The van der Waals surface area contributed by atoms with Gasteiger partial charge in [-0.25, -0.2) is 0 Å². The van der Waals surface area contributed by atoms with Crippen molar-refractivity contribution in [3.05, 3.63) is 6.54 Å². The largest absolute Gasteiger partial charge is 0.253 e. The summed E-state index contributed by atoms with van der Waals surface area (Å²) in [7, 11) is 0. The molecule has 1 N–H and O–H groups in total. The molecule has 0 amide bonds. The molecule has 0 aliphatic heterocycles. The Hall–Kier alpha value is -0.0400. The quantitative estimate of drug-likeness (QED) is 0.561. The zero-order valence-corrected chi connectivity index (χ0v) is 6.77. The molecule has 1 rings (SSSR count). The SMILES string of the molecule is CCC1CCC([CH][NH])CC1. The summed E-state index contributed by atoms with van der Waals surface area (Å²) < 4.78 is 0. The van der Waals surface area contributed by atoms with Crippen LogP contribution < -0.4 is 5.73 Å².